The quantitative estimate of drug-likeness (QED) is 0.108. The van der Waals surface area contributed by atoms with Gasteiger partial charge in [0.05, 0.1) is 29.0 Å². The average molecular weight is 659 g/mol. The molecule has 48 heavy (non-hydrogen) atoms. The van der Waals surface area contributed by atoms with Crippen molar-refractivity contribution in [1.29, 1.82) is 0 Å². The van der Waals surface area contributed by atoms with E-state index in [-0.39, 0.29) is 42.0 Å². The highest BCUT2D eigenvalue weighted by Gasteiger charge is 2.79. The second-order valence-electron chi connectivity index (χ2n) is 12.8. The molecule has 5 aliphatic rings. The Morgan fingerprint density at radius 3 is 2.40 bits per heavy atom. The van der Waals surface area contributed by atoms with Crippen LogP contribution in [-0.4, -0.2) is 68.5 Å². The van der Waals surface area contributed by atoms with E-state index < -0.39 is 52.5 Å². The van der Waals surface area contributed by atoms with Gasteiger partial charge < -0.3 is 25.4 Å². The fourth-order valence-corrected chi connectivity index (χ4v) is 8.79. The van der Waals surface area contributed by atoms with E-state index >= 15 is 0 Å². The van der Waals surface area contributed by atoms with Crippen LogP contribution in [0.4, 0.5) is 10.5 Å². The lowest BCUT2D eigenvalue weighted by atomic mass is 9.69. The number of thioether (sulfide) groups is 1. The van der Waals surface area contributed by atoms with Gasteiger partial charge in [0.15, 0.2) is 11.6 Å². The van der Waals surface area contributed by atoms with Gasteiger partial charge in [-0.25, -0.2) is 4.79 Å². The Bertz CT molecular complexity index is 2100. The molecule has 1 saturated carbocycles. The summed E-state index contributed by atoms with van der Waals surface area (Å²) >= 11 is 1.59. The lowest BCUT2D eigenvalue weighted by Crippen LogP contribution is -2.50. The van der Waals surface area contributed by atoms with Crippen molar-refractivity contribution in [3.05, 3.63) is 99.6 Å². The number of allylic oxidation sites excluding steroid dienone is 2. The Morgan fingerprint density at radius 1 is 1.04 bits per heavy atom. The number of hydrogen-bond donors (Lipinski definition) is 4. The van der Waals surface area contributed by atoms with Crippen molar-refractivity contribution in [2.75, 3.05) is 17.7 Å². The number of aliphatic hydroxyl groups is 2. The van der Waals surface area contributed by atoms with E-state index in [1.807, 2.05) is 30.3 Å². The molecule has 10 heteroatoms. The van der Waals surface area contributed by atoms with Crippen molar-refractivity contribution in [3.8, 4) is 29.4 Å². The maximum absolute atomic E-state index is 14.4. The monoisotopic (exact) mass is 658 g/mol. The zero-order valence-electron chi connectivity index (χ0n) is 25.9. The van der Waals surface area contributed by atoms with Gasteiger partial charge in [-0.2, -0.15) is 0 Å². The largest absolute Gasteiger partial charge is 0.507 e. The second-order valence-corrected chi connectivity index (χ2v) is 13.9. The Hall–Kier alpha value is -5.00. The van der Waals surface area contributed by atoms with E-state index in [9.17, 15) is 29.7 Å². The summed E-state index contributed by atoms with van der Waals surface area (Å²) in [6, 6.07) is 13.8. The molecule has 4 N–H and O–H groups in total. The second kappa shape index (κ2) is 11.0. The van der Waals surface area contributed by atoms with Crippen LogP contribution in [0.1, 0.15) is 61.9 Å². The van der Waals surface area contributed by atoms with Crippen molar-refractivity contribution < 1.29 is 34.4 Å². The zero-order valence-corrected chi connectivity index (χ0v) is 26.7. The van der Waals surface area contributed by atoms with Gasteiger partial charge in [-0.15, -0.1) is 11.8 Å². The lowest BCUT2D eigenvalue weighted by molar-refractivity contribution is 0.0603. The first kappa shape index (κ1) is 30.3. The normalized spacial score (nSPS) is 26.4. The molecule has 0 aromatic heterocycles. The lowest BCUT2D eigenvalue weighted by Gasteiger charge is -2.42. The highest BCUT2D eigenvalue weighted by atomic mass is 32.2. The number of nitrogens with one attached hydrogen (secondary N) is 1. The molecule has 2 aliphatic heterocycles. The SMILES string of the molecule is C[C@@H](O)[C@@]12C[C@]13c1cc(O)c4c(c1N[C@H]2C#C/C=C\C#C[C@H]3O)C(=O)c1cc2c(cc1C4=O)CN(C(=O)OCCSc1ccccc1)C2. The maximum atomic E-state index is 14.4. The van der Waals surface area contributed by atoms with Crippen LogP contribution in [-0.2, 0) is 23.2 Å². The molecule has 240 valence electrons. The number of anilines is 1. The highest BCUT2D eigenvalue weighted by molar-refractivity contribution is 7.99. The molecule has 0 saturated heterocycles. The van der Waals surface area contributed by atoms with Gasteiger partial charge in [0.2, 0.25) is 0 Å². The number of fused-ring (bicyclic) bond motifs is 5. The average Bonchev–Trinajstić information content (AvgIpc) is 3.66. The number of aliphatic hydroxyl groups excluding tert-OH is 2. The summed E-state index contributed by atoms with van der Waals surface area (Å²) < 4.78 is 5.52. The third-order valence-corrected chi connectivity index (χ3v) is 11.3. The van der Waals surface area contributed by atoms with E-state index in [2.05, 4.69) is 29.0 Å². The molecule has 8 rings (SSSR count). The van der Waals surface area contributed by atoms with Crippen molar-refractivity contribution in [2.24, 2.45) is 5.41 Å². The van der Waals surface area contributed by atoms with Gasteiger partial charge in [-0.1, -0.05) is 41.9 Å². The topological polar surface area (TPSA) is 136 Å². The number of carbonyl (C=O) groups excluding carboxylic acids is 3. The van der Waals surface area contributed by atoms with Crippen molar-refractivity contribution >= 4 is 35.1 Å². The molecule has 3 aromatic rings. The van der Waals surface area contributed by atoms with E-state index in [4.69, 9.17) is 4.74 Å². The number of aromatic hydroxyl groups is 1. The molecule has 9 nitrogen and oxygen atoms in total. The molecule has 2 heterocycles. The van der Waals surface area contributed by atoms with Gasteiger partial charge in [-0.3, -0.25) is 14.5 Å². The molecule has 5 atom stereocenters. The van der Waals surface area contributed by atoms with Crippen molar-refractivity contribution in [2.45, 2.75) is 55.0 Å². The van der Waals surface area contributed by atoms with Crippen molar-refractivity contribution in [1.82, 2.24) is 4.90 Å². The van der Waals surface area contributed by atoms with Crippen LogP contribution < -0.4 is 5.32 Å². The van der Waals surface area contributed by atoms with Gasteiger partial charge in [0, 0.05) is 45.7 Å². The Labute approximate surface area is 281 Å². The number of phenolic OH excluding ortho intramolecular Hbond substituents is 1. The van der Waals surface area contributed by atoms with Crippen LogP contribution in [0.15, 0.2) is 65.6 Å². The molecule has 2 bridgehead atoms. The summed E-state index contributed by atoms with van der Waals surface area (Å²) in [5.74, 6) is 10.9. The predicted octanol–water partition coefficient (Wildman–Crippen LogP) is 4.15. The standard InChI is InChI=1S/C38H30N2O7S/c1-21(41)37-20-38(37)27-17-28(42)31-32(33(27)39-29(37)11-7-2-3-8-12-30(38)43)35(45)26-16-23-19-40(18-22(23)15-25(26)34(31)44)36(46)47-13-14-48-24-9-5-4-6-10-24/h2-6,9-10,15-17,21,29-30,39,41-43H,13-14,18-20H2,1H3/b3-2-/t21-,29+,30-,37-,38-/m1/s1. The van der Waals surface area contributed by atoms with E-state index in [1.54, 1.807) is 36.9 Å². The molecule has 0 radical (unpaired) electrons. The number of ether oxygens (including phenoxy) is 1. The number of benzene rings is 3. The van der Waals surface area contributed by atoms with E-state index in [1.165, 1.54) is 17.0 Å². The fourth-order valence-electron chi connectivity index (χ4n) is 8.03. The Morgan fingerprint density at radius 2 is 1.71 bits per heavy atom. The molecule has 0 unspecified atom stereocenters. The molecular weight excluding hydrogens is 628 g/mol. The summed E-state index contributed by atoms with van der Waals surface area (Å²) in [4.78, 5) is 44.0. The van der Waals surface area contributed by atoms with Gasteiger partial charge in [0.25, 0.3) is 0 Å². The molecule has 3 aromatic carbocycles. The van der Waals surface area contributed by atoms with Gasteiger partial charge >= 0.3 is 6.09 Å². The highest BCUT2D eigenvalue weighted by Crippen LogP contribution is 2.74. The summed E-state index contributed by atoms with van der Waals surface area (Å²) in [7, 11) is 0. The van der Waals surface area contributed by atoms with Gasteiger partial charge in [0.1, 0.15) is 18.5 Å². The number of hydrogen-bond acceptors (Lipinski definition) is 9. The minimum absolute atomic E-state index is 0.00217. The first-order valence-corrected chi connectivity index (χ1v) is 16.7. The first-order chi connectivity index (χ1) is 23.2. The van der Waals surface area contributed by atoms with Crippen LogP contribution in [0, 0.1) is 29.1 Å². The third kappa shape index (κ3) is 4.27. The van der Waals surface area contributed by atoms with Gasteiger partial charge in [-0.05, 0) is 72.5 Å². The summed E-state index contributed by atoms with van der Waals surface area (Å²) in [6.07, 6.45) is 0.743. The number of carbonyl (C=O) groups is 3. The minimum Gasteiger partial charge on any atom is -0.507 e. The summed E-state index contributed by atoms with van der Waals surface area (Å²) in [5, 5.41) is 37.3. The molecule has 1 amide bonds. The molecular formula is C38H30N2O7S. The number of ketones is 2. The predicted molar refractivity (Wildman–Crippen MR) is 178 cm³/mol. The number of amides is 1. The Kier molecular flexibility index (Phi) is 6.97. The van der Waals surface area contributed by atoms with Crippen LogP contribution in [0.3, 0.4) is 0 Å². The molecule has 3 aliphatic carbocycles. The molecule has 1 fully saturated rings. The van der Waals surface area contributed by atoms with Crippen molar-refractivity contribution in [3.63, 3.8) is 0 Å². The van der Waals surface area contributed by atoms with Crippen LogP contribution in [0.25, 0.3) is 0 Å². The number of nitrogens with zero attached hydrogens (tertiary/aromatic N) is 1. The Balaban J connectivity index is 1.12. The third-order valence-electron chi connectivity index (χ3n) is 10.4. The van der Waals surface area contributed by atoms with E-state index in [0.717, 1.165) is 16.0 Å². The number of phenols is 1. The maximum Gasteiger partial charge on any atom is 0.410 e. The number of rotatable bonds is 5. The van der Waals surface area contributed by atoms with Crippen LogP contribution in [0.5, 0.6) is 5.75 Å². The summed E-state index contributed by atoms with van der Waals surface area (Å²) in [5.41, 5.74) is 0.237. The smallest absolute Gasteiger partial charge is 0.410 e. The van der Waals surface area contributed by atoms with Crippen LogP contribution >= 0.6 is 11.8 Å². The van der Waals surface area contributed by atoms with E-state index in [0.29, 0.717) is 23.4 Å². The minimum atomic E-state index is -1.25. The zero-order chi connectivity index (χ0) is 33.4. The summed E-state index contributed by atoms with van der Waals surface area (Å²) in [6.45, 7) is 2.30. The van der Waals surface area contributed by atoms with Crippen LogP contribution in [0.2, 0.25) is 0 Å². The first-order valence-electron chi connectivity index (χ1n) is 15.7. The fraction of sp³-hybridized carbons (Fsp3) is 0.289. The molecule has 0 spiro atoms.